The molecule has 0 heterocycles. The van der Waals surface area contributed by atoms with E-state index >= 15 is 0 Å². The van der Waals surface area contributed by atoms with E-state index in [-0.39, 0.29) is 11.8 Å². The Kier molecular flexibility index (Phi) is 5.59. The van der Waals surface area contributed by atoms with E-state index < -0.39 is 0 Å². The summed E-state index contributed by atoms with van der Waals surface area (Å²) in [5, 5.41) is 11.4. The van der Waals surface area contributed by atoms with E-state index in [0.29, 0.717) is 11.8 Å². The van der Waals surface area contributed by atoms with Gasteiger partial charge in [0.1, 0.15) is 0 Å². The van der Waals surface area contributed by atoms with Gasteiger partial charge in [-0.3, -0.25) is 4.79 Å². The molecule has 0 aliphatic heterocycles. The van der Waals surface area contributed by atoms with Crippen LogP contribution in [0, 0.1) is 17.8 Å². The minimum absolute atomic E-state index is 0.146. The van der Waals surface area contributed by atoms with Gasteiger partial charge < -0.3 is 5.32 Å². The van der Waals surface area contributed by atoms with E-state index in [1.807, 2.05) is 54.6 Å². The Balaban J connectivity index is 1.50. The van der Waals surface area contributed by atoms with Crippen LogP contribution in [-0.4, -0.2) is 5.91 Å². The molecule has 4 nitrogen and oxygen atoms in total. The maximum atomic E-state index is 12.3. The molecule has 1 aliphatic carbocycles. The summed E-state index contributed by atoms with van der Waals surface area (Å²) in [6.45, 7) is 4.46. The SMILES string of the molecule is CC(C)CC[C@H]1C[C@H]1C(=O)Nc1ccc(N=Nc2ccccc2)cc1. The lowest BCUT2D eigenvalue weighted by Crippen LogP contribution is -2.14. The molecule has 0 bridgehead atoms. The van der Waals surface area contributed by atoms with Gasteiger partial charge in [-0.15, -0.1) is 0 Å². The third kappa shape index (κ3) is 5.24. The Morgan fingerprint density at radius 2 is 1.68 bits per heavy atom. The summed E-state index contributed by atoms with van der Waals surface area (Å²) < 4.78 is 0. The monoisotopic (exact) mass is 335 g/mol. The molecule has 0 spiro atoms. The first-order chi connectivity index (χ1) is 12.1. The van der Waals surface area contributed by atoms with Crippen LogP contribution in [0.4, 0.5) is 17.1 Å². The van der Waals surface area contributed by atoms with Crippen molar-refractivity contribution in [2.75, 3.05) is 5.32 Å². The molecule has 0 radical (unpaired) electrons. The van der Waals surface area contributed by atoms with E-state index in [4.69, 9.17) is 0 Å². The first-order valence-corrected chi connectivity index (χ1v) is 8.99. The Morgan fingerprint density at radius 1 is 1.04 bits per heavy atom. The number of carbonyl (C=O) groups excluding carboxylic acids is 1. The maximum absolute atomic E-state index is 12.3. The lowest BCUT2D eigenvalue weighted by Gasteiger charge is -2.06. The summed E-state index contributed by atoms with van der Waals surface area (Å²) in [7, 11) is 0. The van der Waals surface area contributed by atoms with Crippen molar-refractivity contribution in [3.05, 3.63) is 54.6 Å². The van der Waals surface area contributed by atoms with Gasteiger partial charge in [-0.25, -0.2) is 0 Å². The molecule has 1 saturated carbocycles. The average molecular weight is 335 g/mol. The number of carbonyl (C=O) groups is 1. The zero-order chi connectivity index (χ0) is 17.6. The Labute approximate surface area is 149 Å². The minimum Gasteiger partial charge on any atom is -0.326 e. The molecule has 3 rings (SSSR count). The highest BCUT2D eigenvalue weighted by atomic mass is 16.2. The molecule has 1 aliphatic rings. The number of nitrogens with one attached hydrogen (secondary N) is 1. The van der Waals surface area contributed by atoms with Crippen LogP contribution >= 0.6 is 0 Å². The quantitative estimate of drug-likeness (QED) is 0.609. The number of benzene rings is 2. The number of hydrogen-bond acceptors (Lipinski definition) is 3. The molecule has 1 N–H and O–H groups in total. The molecular formula is C21H25N3O. The molecule has 0 aromatic heterocycles. The Hall–Kier alpha value is -2.49. The molecule has 0 unspecified atom stereocenters. The normalized spacial score (nSPS) is 19.3. The second-order valence-corrected chi connectivity index (χ2v) is 7.15. The van der Waals surface area contributed by atoms with Gasteiger partial charge in [0.15, 0.2) is 0 Å². The predicted molar refractivity (Wildman–Crippen MR) is 101 cm³/mol. The van der Waals surface area contributed by atoms with Crippen LogP contribution in [-0.2, 0) is 4.79 Å². The summed E-state index contributed by atoms with van der Waals surface area (Å²) >= 11 is 0. The summed E-state index contributed by atoms with van der Waals surface area (Å²) in [4.78, 5) is 12.3. The number of azo groups is 1. The Morgan fingerprint density at radius 3 is 2.32 bits per heavy atom. The van der Waals surface area contributed by atoms with Crippen LogP contribution in [0.1, 0.15) is 33.1 Å². The van der Waals surface area contributed by atoms with Crippen molar-refractivity contribution >= 4 is 23.0 Å². The van der Waals surface area contributed by atoms with Crippen LogP contribution in [0.3, 0.4) is 0 Å². The number of nitrogens with zero attached hydrogens (tertiary/aromatic N) is 2. The molecular weight excluding hydrogens is 310 g/mol. The minimum atomic E-state index is 0.146. The fourth-order valence-electron chi connectivity index (χ4n) is 2.89. The summed E-state index contributed by atoms with van der Waals surface area (Å²) in [5.74, 6) is 1.62. The topological polar surface area (TPSA) is 53.8 Å². The van der Waals surface area contributed by atoms with Gasteiger partial charge >= 0.3 is 0 Å². The van der Waals surface area contributed by atoms with Gasteiger partial charge in [0.25, 0.3) is 0 Å². The summed E-state index contributed by atoms with van der Waals surface area (Å²) in [5.41, 5.74) is 2.40. The van der Waals surface area contributed by atoms with Crippen molar-refractivity contribution in [2.24, 2.45) is 28.0 Å². The van der Waals surface area contributed by atoms with Crippen LogP contribution in [0.15, 0.2) is 64.8 Å². The standard InChI is InChI=1S/C21H25N3O/c1-15(2)8-9-16-14-20(16)21(25)22-17-10-12-19(13-11-17)24-23-18-6-4-3-5-7-18/h3-7,10-13,15-16,20H,8-9,14H2,1-2H3,(H,22,25)/t16-,20+/m0/s1. The van der Waals surface area contributed by atoms with Crippen LogP contribution < -0.4 is 5.32 Å². The van der Waals surface area contributed by atoms with Gasteiger partial charge in [-0.05, 0) is 61.1 Å². The largest absolute Gasteiger partial charge is 0.326 e. The molecule has 2 aromatic carbocycles. The second kappa shape index (κ2) is 8.06. The van der Waals surface area contributed by atoms with Gasteiger partial charge in [0.05, 0.1) is 11.4 Å². The van der Waals surface area contributed by atoms with Crippen LogP contribution in [0.25, 0.3) is 0 Å². The zero-order valence-electron chi connectivity index (χ0n) is 14.9. The fraction of sp³-hybridized carbons (Fsp3) is 0.381. The van der Waals surface area contributed by atoms with Crippen molar-refractivity contribution in [1.82, 2.24) is 0 Å². The second-order valence-electron chi connectivity index (χ2n) is 7.15. The first kappa shape index (κ1) is 17.3. The third-order valence-electron chi connectivity index (χ3n) is 4.55. The zero-order valence-corrected chi connectivity index (χ0v) is 14.9. The highest BCUT2D eigenvalue weighted by Crippen LogP contribution is 2.43. The van der Waals surface area contributed by atoms with E-state index in [1.165, 1.54) is 6.42 Å². The lowest BCUT2D eigenvalue weighted by atomic mass is 10.0. The van der Waals surface area contributed by atoms with Crippen molar-refractivity contribution in [3.8, 4) is 0 Å². The molecule has 4 heteroatoms. The lowest BCUT2D eigenvalue weighted by molar-refractivity contribution is -0.117. The summed E-state index contributed by atoms with van der Waals surface area (Å²) in [6.07, 6.45) is 3.39. The first-order valence-electron chi connectivity index (χ1n) is 8.99. The highest BCUT2D eigenvalue weighted by Gasteiger charge is 2.42. The van der Waals surface area contributed by atoms with Gasteiger partial charge in [0, 0.05) is 11.6 Å². The molecule has 1 amide bonds. The van der Waals surface area contributed by atoms with Crippen molar-refractivity contribution in [1.29, 1.82) is 0 Å². The highest BCUT2D eigenvalue weighted by molar-refractivity contribution is 5.94. The van der Waals surface area contributed by atoms with E-state index in [9.17, 15) is 4.79 Å². The molecule has 25 heavy (non-hydrogen) atoms. The van der Waals surface area contributed by atoms with E-state index in [0.717, 1.165) is 29.9 Å². The number of rotatable bonds is 7. The van der Waals surface area contributed by atoms with Gasteiger partial charge in [0.2, 0.25) is 5.91 Å². The predicted octanol–water partition coefficient (Wildman–Crippen LogP) is 6.11. The van der Waals surface area contributed by atoms with Crippen molar-refractivity contribution in [2.45, 2.75) is 33.1 Å². The fourth-order valence-corrected chi connectivity index (χ4v) is 2.89. The van der Waals surface area contributed by atoms with Crippen LogP contribution in [0.5, 0.6) is 0 Å². The van der Waals surface area contributed by atoms with Crippen LogP contribution in [0.2, 0.25) is 0 Å². The number of amides is 1. The van der Waals surface area contributed by atoms with E-state index in [1.54, 1.807) is 0 Å². The van der Waals surface area contributed by atoms with Crippen molar-refractivity contribution in [3.63, 3.8) is 0 Å². The number of hydrogen-bond donors (Lipinski definition) is 1. The van der Waals surface area contributed by atoms with Crippen molar-refractivity contribution < 1.29 is 4.79 Å². The number of anilines is 1. The Bertz CT molecular complexity index is 723. The van der Waals surface area contributed by atoms with Gasteiger partial charge in [-0.2, -0.15) is 10.2 Å². The smallest absolute Gasteiger partial charge is 0.227 e. The average Bonchev–Trinajstić information content (AvgIpc) is 3.40. The third-order valence-corrected chi connectivity index (χ3v) is 4.55. The van der Waals surface area contributed by atoms with Gasteiger partial charge in [-0.1, -0.05) is 38.5 Å². The molecule has 2 atom stereocenters. The molecule has 0 saturated heterocycles. The molecule has 1 fully saturated rings. The molecule has 130 valence electrons. The molecule has 2 aromatic rings. The van der Waals surface area contributed by atoms with E-state index in [2.05, 4.69) is 29.4 Å². The maximum Gasteiger partial charge on any atom is 0.227 e. The summed E-state index contributed by atoms with van der Waals surface area (Å²) in [6, 6.07) is 17.1.